The van der Waals surface area contributed by atoms with Crippen molar-refractivity contribution in [3.05, 3.63) is 57.8 Å². The van der Waals surface area contributed by atoms with Gasteiger partial charge in [-0.25, -0.2) is 4.39 Å². The molecule has 0 aliphatic carbocycles. The summed E-state index contributed by atoms with van der Waals surface area (Å²) in [4.78, 5) is 12.0. The smallest absolute Gasteiger partial charge is 0.220 e. The molecule has 2 aromatic rings. The maximum Gasteiger partial charge on any atom is 0.220 e. The van der Waals surface area contributed by atoms with Crippen molar-refractivity contribution < 1.29 is 18.7 Å². The molecule has 1 N–H and O–H groups in total. The molecule has 0 aromatic heterocycles. The van der Waals surface area contributed by atoms with E-state index in [4.69, 9.17) is 15.9 Å². The number of aryl methyl sites for hydroxylation is 1. The molecule has 1 amide bonds. The number of nitrogens with one attached hydrogen (secondary N) is 1. The molecule has 0 aliphatic heterocycles. The van der Waals surface area contributed by atoms with Gasteiger partial charge in [-0.2, -0.15) is 0 Å². The highest BCUT2D eigenvalue weighted by molar-refractivity contribution is 9.10. The molecule has 4 nitrogen and oxygen atoms in total. The summed E-state index contributed by atoms with van der Waals surface area (Å²) in [6.45, 7) is 0.461. The number of carbonyl (C=O) groups excluding carboxylic acids is 1. The summed E-state index contributed by atoms with van der Waals surface area (Å²) in [5.74, 6) is 3.01. The van der Waals surface area contributed by atoms with E-state index >= 15 is 0 Å². The van der Waals surface area contributed by atoms with Gasteiger partial charge >= 0.3 is 0 Å². The summed E-state index contributed by atoms with van der Waals surface area (Å²) < 4.78 is 25.1. The van der Waals surface area contributed by atoms with E-state index in [1.807, 2.05) is 6.07 Å². The summed E-state index contributed by atoms with van der Waals surface area (Å²) >= 11 is 3.21. The molecule has 2 rings (SSSR count). The van der Waals surface area contributed by atoms with Crippen molar-refractivity contribution in [3.8, 4) is 23.8 Å². The van der Waals surface area contributed by atoms with E-state index in [0.29, 0.717) is 34.5 Å². The van der Waals surface area contributed by atoms with Gasteiger partial charge in [0.1, 0.15) is 12.4 Å². The van der Waals surface area contributed by atoms with Crippen LogP contribution in [-0.2, 0) is 17.8 Å². The average molecular weight is 420 g/mol. The Bertz CT molecular complexity index is 817. The number of hydrogen-bond acceptors (Lipinski definition) is 3. The number of amides is 1. The lowest BCUT2D eigenvalue weighted by Gasteiger charge is -2.11. The Morgan fingerprint density at radius 1 is 1.27 bits per heavy atom. The number of benzene rings is 2. The van der Waals surface area contributed by atoms with Gasteiger partial charge in [-0.1, -0.05) is 34.0 Å². The predicted molar refractivity (Wildman–Crippen MR) is 102 cm³/mol. The zero-order valence-electron chi connectivity index (χ0n) is 14.4. The molecule has 0 radical (unpaired) electrons. The normalized spacial score (nSPS) is 10.1. The van der Waals surface area contributed by atoms with E-state index in [-0.39, 0.29) is 24.8 Å². The van der Waals surface area contributed by atoms with Crippen LogP contribution in [0.4, 0.5) is 4.39 Å². The maximum absolute atomic E-state index is 13.8. The lowest BCUT2D eigenvalue weighted by atomic mass is 10.1. The molecule has 0 fully saturated rings. The van der Waals surface area contributed by atoms with Crippen LogP contribution in [0.1, 0.15) is 17.5 Å². The molecule has 2 aromatic carbocycles. The standard InChI is InChI=1S/C20H19BrFNO3/c1-3-10-26-19-11-14(4-8-18(19)25-2)13-23-20(24)9-6-15-5-7-16(21)12-17(15)22/h1,4-5,7-8,11-12H,6,9-10,13H2,2H3,(H,23,24). The van der Waals surface area contributed by atoms with E-state index in [9.17, 15) is 9.18 Å². The summed E-state index contributed by atoms with van der Waals surface area (Å²) in [5, 5.41) is 2.81. The summed E-state index contributed by atoms with van der Waals surface area (Å²) in [5.41, 5.74) is 1.36. The lowest BCUT2D eigenvalue weighted by molar-refractivity contribution is -0.121. The molecule has 0 heterocycles. The molecular formula is C20H19BrFNO3. The Balaban J connectivity index is 1.89. The fraction of sp³-hybridized carbons (Fsp3) is 0.250. The van der Waals surface area contributed by atoms with Gasteiger partial charge in [-0.05, 0) is 41.8 Å². The third-order valence-corrected chi connectivity index (χ3v) is 4.16. The number of terminal acetylenes is 1. The second-order valence-electron chi connectivity index (χ2n) is 5.49. The van der Waals surface area contributed by atoms with Crippen LogP contribution >= 0.6 is 15.9 Å². The maximum atomic E-state index is 13.8. The van der Waals surface area contributed by atoms with Gasteiger partial charge in [0.05, 0.1) is 7.11 Å². The monoisotopic (exact) mass is 419 g/mol. The first kappa shape index (κ1) is 19.8. The molecule has 0 unspecified atom stereocenters. The van der Waals surface area contributed by atoms with Gasteiger partial charge in [0.25, 0.3) is 0 Å². The van der Waals surface area contributed by atoms with Crippen molar-refractivity contribution in [1.82, 2.24) is 5.32 Å². The minimum atomic E-state index is -0.322. The highest BCUT2D eigenvalue weighted by Gasteiger charge is 2.09. The summed E-state index contributed by atoms with van der Waals surface area (Å²) in [6, 6.07) is 10.2. The van der Waals surface area contributed by atoms with E-state index in [1.165, 1.54) is 6.07 Å². The fourth-order valence-corrected chi connectivity index (χ4v) is 2.66. The molecule has 136 valence electrons. The van der Waals surface area contributed by atoms with Crippen molar-refractivity contribution in [2.24, 2.45) is 0 Å². The highest BCUT2D eigenvalue weighted by atomic mass is 79.9. The third kappa shape index (κ3) is 5.78. The Morgan fingerprint density at radius 2 is 2.08 bits per heavy atom. The minimum Gasteiger partial charge on any atom is -0.493 e. The van der Waals surface area contributed by atoms with Crippen molar-refractivity contribution in [3.63, 3.8) is 0 Å². The molecule has 0 saturated carbocycles. The van der Waals surface area contributed by atoms with E-state index in [2.05, 4.69) is 27.2 Å². The van der Waals surface area contributed by atoms with Crippen LogP contribution in [0.3, 0.4) is 0 Å². The van der Waals surface area contributed by atoms with Crippen LogP contribution in [0.5, 0.6) is 11.5 Å². The second-order valence-corrected chi connectivity index (χ2v) is 6.41. The molecular weight excluding hydrogens is 401 g/mol. The SMILES string of the molecule is C#CCOc1cc(CNC(=O)CCc2ccc(Br)cc2F)ccc1OC. The van der Waals surface area contributed by atoms with Crippen molar-refractivity contribution in [2.45, 2.75) is 19.4 Å². The molecule has 0 atom stereocenters. The van der Waals surface area contributed by atoms with Crippen LogP contribution < -0.4 is 14.8 Å². The van der Waals surface area contributed by atoms with Gasteiger partial charge < -0.3 is 14.8 Å². The quantitative estimate of drug-likeness (QED) is 0.660. The van der Waals surface area contributed by atoms with Gasteiger partial charge in [0.15, 0.2) is 11.5 Å². The van der Waals surface area contributed by atoms with Crippen LogP contribution in [-0.4, -0.2) is 19.6 Å². The van der Waals surface area contributed by atoms with Gasteiger partial charge in [0, 0.05) is 17.4 Å². The topological polar surface area (TPSA) is 47.6 Å². The molecule has 0 aliphatic rings. The van der Waals surface area contributed by atoms with Gasteiger partial charge in [-0.3, -0.25) is 4.79 Å². The van der Waals surface area contributed by atoms with Crippen molar-refractivity contribution in [2.75, 3.05) is 13.7 Å². The molecule has 0 spiro atoms. The number of rotatable bonds is 8. The Hall–Kier alpha value is -2.52. The Kier molecular flexibility index (Phi) is 7.49. The largest absolute Gasteiger partial charge is 0.493 e. The van der Waals surface area contributed by atoms with Crippen molar-refractivity contribution in [1.29, 1.82) is 0 Å². The minimum absolute atomic E-state index is 0.130. The van der Waals surface area contributed by atoms with Crippen LogP contribution in [0.25, 0.3) is 0 Å². The van der Waals surface area contributed by atoms with Gasteiger partial charge in [0.2, 0.25) is 5.91 Å². The number of carbonyl (C=O) groups is 1. The first-order valence-corrected chi connectivity index (χ1v) is 8.76. The predicted octanol–water partition coefficient (Wildman–Crippen LogP) is 3.86. The lowest BCUT2D eigenvalue weighted by Crippen LogP contribution is -2.23. The fourth-order valence-electron chi connectivity index (χ4n) is 2.32. The summed E-state index contributed by atoms with van der Waals surface area (Å²) in [6.07, 6.45) is 5.74. The number of hydrogen-bond donors (Lipinski definition) is 1. The molecule has 0 saturated heterocycles. The first-order chi connectivity index (χ1) is 12.5. The second kappa shape index (κ2) is 9.83. The zero-order chi connectivity index (χ0) is 18.9. The number of ether oxygens (including phenoxy) is 2. The van der Waals surface area contributed by atoms with Crippen LogP contribution in [0, 0.1) is 18.2 Å². The Labute approximate surface area is 160 Å². The van der Waals surface area contributed by atoms with E-state index in [1.54, 1.807) is 31.4 Å². The van der Waals surface area contributed by atoms with Crippen LogP contribution in [0.15, 0.2) is 40.9 Å². The molecule has 0 bridgehead atoms. The van der Waals surface area contributed by atoms with Crippen molar-refractivity contribution >= 4 is 21.8 Å². The third-order valence-electron chi connectivity index (χ3n) is 3.67. The molecule has 26 heavy (non-hydrogen) atoms. The first-order valence-electron chi connectivity index (χ1n) is 7.97. The number of halogens is 2. The molecule has 6 heteroatoms. The van der Waals surface area contributed by atoms with E-state index in [0.717, 1.165) is 5.56 Å². The van der Waals surface area contributed by atoms with E-state index < -0.39 is 0 Å². The van der Waals surface area contributed by atoms with Gasteiger partial charge in [-0.15, -0.1) is 6.42 Å². The average Bonchev–Trinajstić information content (AvgIpc) is 2.64. The Morgan fingerprint density at radius 3 is 2.77 bits per heavy atom. The van der Waals surface area contributed by atoms with Crippen LogP contribution in [0.2, 0.25) is 0 Å². The number of methoxy groups -OCH3 is 1. The zero-order valence-corrected chi connectivity index (χ0v) is 15.9. The highest BCUT2D eigenvalue weighted by Crippen LogP contribution is 2.28. The summed E-state index contributed by atoms with van der Waals surface area (Å²) in [7, 11) is 1.54.